The molecule has 0 radical (unpaired) electrons. The molecule has 1 unspecified atom stereocenters. The van der Waals surface area contributed by atoms with E-state index in [1.54, 1.807) is 0 Å². The minimum absolute atomic E-state index is 0.0699. The fourth-order valence-electron chi connectivity index (χ4n) is 5.04. The first kappa shape index (κ1) is 34.2. The Morgan fingerprint density at radius 1 is 0.657 bits per heavy atom. The van der Waals surface area contributed by atoms with Crippen LogP contribution in [0.3, 0.4) is 0 Å². The fourth-order valence-corrected chi connectivity index (χ4v) is 5.04. The normalized spacial score (nSPS) is 12.6. The molecule has 0 N–H and O–H groups in total. The molecule has 0 aliphatic heterocycles. The molecule has 0 amide bonds. The molecule has 0 saturated heterocycles. The zero-order valence-electron chi connectivity index (χ0n) is 24.5. The Labute approximate surface area is 220 Å². The molecular formula is C32H63NO2. The maximum atomic E-state index is 11.1. The summed E-state index contributed by atoms with van der Waals surface area (Å²) in [5.74, 6) is 0.833. The standard InChI is InChI=1S/C32H63NO2/c1-5-6-7-8-18-21-24-27-31(30-33(2)3)28-25-22-19-16-14-12-10-9-11-13-15-17-20-23-26-29-32(34)35-4/h10,12,31H,5-9,11,13-30H2,1-4H3. The quantitative estimate of drug-likeness (QED) is 0.0647. The SMILES string of the molecule is CCCCCCCCCC(CCCCCCC=CCCCCCCCCCC(=O)OC)CN(C)C. The van der Waals surface area contributed by atoms with Crippen LogP contribution in [0.25, 0.3) is 0 Å². The Morgan fingerprint density at radius 3 is 1.54 bits per heavy atom. The van der Waals surface area contributed by atoms with Crippen LogP contribution in [0, 0.1) is 5.92 Å². The van der Waals surface area contributed by atoms with Crippen molar-refractivity contribution in [2.24, 2.45) is 5.92 Å². The zero-order valence-corrected chi connectivity index (χ0v) is 24.5. The van der Waals surface area contributed by atoms with Crippen LogP contribution in [-0.2, 0) is 9.53 Å². The predicted octanol–water partition coefficient (Wildman–Crippen LogP) is 9.89. The number of hydrogen-bond donors (Lipinski definition) is 0. The maximum Gasteiger partial charge on any atom is 0.305 e. The molecule has 0 aliphatic rings. The summed E-state index contributed by atoms with van der Waals surface area (Å²) in [6.07, 6.45) is 35.0. The average Bonchev–Trinajstić information content (AvgIpc) is 2.84. The molecule has 0 fully saturated rings. The highest BCUT2D eigenvalue weighted by Gasteiger charge is 2.09. The molecule has 0 spiro atoms. The summed E-state index contributed by atoms with van der Waals surface area (Å²) in [4.78, 5) is 13.4. The highest BCUT2D eigenvalue weighted by Crippen LogP contribution is 2.20. The highest BCUT2D eigenvalue weighted by atomic mass is 16.5. The van der Waals surface area contributed by atoms with Crippen LogP contribution in [0.4, 0.5) is 0 Å². The molecule has 0 aromatic heterocycles. The summed E-state index contributed by atoms with van der Waals surface area (Å²) >= 11 is 0. The van der Waals surface area contributed by atoms with Crippen LogP contribution in [0.15, 0.2) is 12.2 Å². The molecule has 0 heterocycles. The lowest BCUT2D eigenvalue weighted by Crippen LogP contribution is -2.21. The first-order chi connectivity index (χ1) is 17.1. The third-order valence-electron chi connectivity index (χ3n) is 7.22. The number of nitrogens with zero attached hydrogens (tertiary/aromatic N) is 1. The monoisotopic (exact) mass is 493 g/mol. The summed E-state index contributed by atoms with van der Waals surface area (Å²) in [5, 5.41) is 0. The number of unbranched alkanes of at least 4 members (excludes halogenated alkanes) is 17. The Bertz CT molecular complexity index is 460. The lowest BCUT2D eigenvalue weighted by molar-refractivity contribution is -0.140. The van der Waals surface area contributed by atoms with E-state index in [4.69, 9.17) is 0 Å². The van der Waals surface area contributed by atoms with Gasteiger partial charge >= 0.3 is 5.97 Å². The predicted molar refractivity (Wildman–Crippen MR) is 155 cm³/mol. The van der Waals surface area contributed by atoms with E-state index in [0.717, 1.165) is 18.8 Å². The van der Waals surface area contributed by atoms with Crippen molar-refractivity contribution in [1.29, 1.82) is 0 Å². The van der Waals surface area contributed by atoms with Gasteiger partial charge in [-0.25, -0.2) is 0 Å². The van der Waals surface area contributed by atoms with Gasteiger partial charge in [-0.3, -0.25) is 4.79 Å². The summed E-state index contributed by atoms with van der Waals surface area (Å²) in [7, 11) is 5.94. The van der Waals surface area contributed by atoms with Crippen LogP contribution in [0.1, 0.15) is 155 Å². The number of allylic oxidation sites excluding steroid dienone is 2. The van der Waals surface area contributed by atoms with Gasteiger partial charge in [-0.05, 0) is 65.0 Å². The topological polar surface area (TPSA) is 29.5 Å². The molecule has 0 aliphatic carbocycles. The first-order valence-corrected chi connectivity index (χ1v) is 15.5. The van der Waals surface area contributed by atoms with E-state index in [-0.39, 0.29) is 5.97 Å². The molecule has 35 heavy (non-hydrogen) atoms. The average molecular weight is 494 g/mol. The number of esters is 1. The zero-order chi connectivity index (χ0) is 25.8. The number of ether oxygens (including phenoxy) is 1. The van der Waals surface area contributed by atoms with E-state index in [2.05, 4.69) is 42.8 Å². The molecule has 3 heteroatoms. The molecular weight excluding hydrogens is 430 g/mol. The second-order valence-corrected chi connectivity index (χ2v) is 11.1. The van der Waals surface area contributed by atoms with E-state index in [1.165, 1.54) is 142 Å². The second kappa shape index (κ2) is 27.8. The van der Waals surface area contributed by atoms with Gasteiger partial charge in [0.1, 0.15) is 0 Å². The van der Waals surface area contributed by atoms with Gasteiger partial charge in [0.2, 0.25) is 0 Å². The number of methoxy groups -OCH3 is 1. The van der Waals surface area contributed by atoms with Crippen molar-refractivity contribution in [2.75, 3.05) is 27.7 Å². The first-order valence-electron chi connectivity index (χ1n) is 15.5. The van der Waals surface area contributed by atoms with E-state index < -0.39 is 0 Å². The van der Waals surface area contributed by atoms with E-state index >= 15 is 0 Å². The minimum Gasteiger partial charge on any atom is -0.469 e. The lowest BCUT2D eigenvalue weighted by Gasteiger charge is -2.21. The van der Waals surface area contributed by atoms with E-state index in [9.17, 15) is 4.79 Å². The van der Waals surface area contributed by atoms with Gasteiger partial charge in [0.15, 0.2) is 0 Å². The molecule has 3 nitrogen and oxygen atoms in total. The van der Waals surface area contributed by atoms with Gasteiger partial charge in [0.05, 0.1) is 7.11 Å². The van der Waals surface area contributed by atoms with Gasteiger partial charge in [0, 0.05) is 13.0 Å². The fraction of sp³-hybridized carbons (Fsp3) is 0.906. The smallest absolute Gasteiger partial charge is 0.305 e. The Hall–Kier alpha value is -0.830. The molecule has 0 aromatic carbocycles. The number of hydrogen-bond acceptors (Lipinski definition) is 3. The van der Waals surface area contributed by atoms with Crippen molar-refractivity contribution < 1.29 is 9.53 Å². The van der Waals surface area contributed by atoms with E-state index in [0.29, 0.717) is 6.42 Å². The Morgan fingerprint density at radius 2 is 1.09 bits per heavy atom. The van der Waals surface area contributed by atoms with Gasteiger partial charge in [-0.1, -0.05) is 115 Å². The maximum absolute atomic E-state index is 11.1. The van der Waals surface area contributed by atoms with E-state index in [1.807, 2.05) is 0 Å². The third kappa shape index (κ3) is 27.6. The lowest BCUT2D eigenvalue weighted by atomic mass is 9.93. The van der Waals surface area contributed by atoms with Crippen molar-refractivity contribution in [3.63, 3.8) is 0 Å². The molecule has 0 bridgehead atoms. The minimum atomic E-state index is -0.0699. The largest absolute Gasteiger partial charge is 0.469 e. The number of rotatable bonds is 27. The molecule has 208 valence electrons. The van der Waals surface area contributed by atoms with Crippen LogP contribution in [-0.4, -0.2) is 38.6 Å². The van der Waals surface area contributed by atoms with Crippen molar-refractivity contribution in [2.45, 2.75) is 155 Å². The summed E-state index contributed by atoms with van der Waals surface area (Å²) in [6.45, 7) is 3.57. The summed E-state index contributed by atoms with van der Waals surface area (Å²) < 4.78 is 4.67. The number of carbonyl (C=O) groups is 1. The van der Waals surface area contributed by atoms with Crippen molar-refractivity contribution in [1.82, 2.24) is 4.90 Å². The van der Waals surface area contributed by atoms with Crippen LogP contribution < -0.4 is 0 Å². The van der Waals surface area contributed by atoms with Crippen molar-refractivity contribution in [3.05, 3.63) is 12.2 Å². The summed E-state index contributed by atoms with van der Waals surface area (Å²) in [6, 6.07) is 0. The van der Waals surface area contributed by atoms with Gasteiger partial charge in [0.25, 0.3) is 0 Å². The van der Waals surface area contributed by atoms with Gasteiger partial charge in [-0.15, -0.1) is 0 Å². The Balaban J connectivity index is 3.51. The number of carbonyl (C=O) groups excluding carboxylic acids is 1. The Kier molecular flexibility index (Phi) is 27.1. The highest BCUT2D eigenvalue weighted by molar-refractivity contribution is 5.68. The van der Waals surface area contributed by atoms with Gasteiger partial charge in [-0.2, -0.15) is 0 Å². The van der Waals surface area contributed by atoms with Crippen LogP contribution in [0.5, 0.6) is 0 Å². The van der Waals surface area contributed by atoms with Crippen LogP contribution in [0.2, 0.25) is 0 Å². The molecule has 0 rings (SSSR count). The van der Waals surface area contributed by atoms with Crippen molar-refractivity contribution >= 4 is 5.97 Å². The molecule has 0 aromatic rings. The van der Waals surface area contributed by atoms with Crippen molar-refractivity contribution in [3.8, 4) is 0 Å². The van der Waals surface area contributed by atoms with Gasteiger partial charge < -0.3 is 9.64 Å². The second-order valence-electron chi connectivity index (χ2n) is 11.1. The summed E-state index contributed by atoms with van der Waals surface area (Å²) in [5.41, 5.74) is 0. The molecule has 0 saturated carbocycles. The third-order valence-corrected chi connectivity index (χ3v) is 7.22. The van der Waals surface area contributed by atoms with Crippen LogP contribution >= 0.6 is 0 Å². The molecule has 1 atom stereocenters.